The summed E-state index contributed by atoms with van der Waals surface area (Å²) < 4.78 is 7.68. The Morgan fingerprint density at radius 1 is 1.31 bits per heavy atom. The number of ether oxygens (including phenoxy) is 1. The minimum atomic E-state index is 0.125. The molecule has 0 N–H and O–H groups in total. The Balaban J connectivity index is 2.01. The molecule has 2 heterocycles. The van der Waals surface area contributed by atoms with Crippen molar-refractivity contribution < 1.29 is 4.74 Å². The van der Waals surface area contributed by atoms with Gasteiger partial charge >= 0.3 is 0 Å². The zero-order valence-corrected chi connectivity index (χ0v) is 9.21. The fourth-order valence-electron chi connectivity index (χ4n) is 2.43. The van der Waals surface area contributed by atoms with E-state index in [1.165, 1.54) is 5.56 Å². The Bertz CT molecular complexity index is 478. The molecule has 0 amide bonds. The number of fused-ring (bicyclic) bond motifs is 1. The van der Waals surface area contributed by atoms with Crippen molar-refractivity contribution in [2.24, 2.45) is 0 Å². The van der Waals surface area contributed by atoms with Crippen LogP contribution in [0.3, 0.4) is 0 Å². The third-order valence-corrected chi connectivity index (χ3v) is 3.23. The second-order valence-electron chi connectivity index (χ2n) is 4.08. The molecule has 0 radical (unpaired) electrons. The number of nitrogens with zero attached hydrogens (tertiary/aromatic N) is 2. The van der Waals surface area contributed by atoms with Gasteiger partial charge < -0.3 is 9.30 Å². The maximum atomic E-state index is 5.46. The predicted molar refractivity (Wildman–Crippen MR) is 61.2 cm³/mol. The van der Waals surface area contributed by atoms with Crippen LogP contribution in [0.2, 0.25) is 0 Å². The molecule has 0 unspecified atom stereocenters. The molecular formula is C13H14N2O. The highest BCUT2D eigenvalue weighted by atomic mass is 16.5. The van der Waals surface area contributed by atoms with E-state index in [0.29, 0.717) is 6.04 Å². The fraction of sp³-hybridized carbons (Fsp3) is 0.308. The van der Waals surface area contributed by atoms with E-state index in [1.807, 2.05) is 18.5 Å². The molecule has 1 aromatic heterocycles. The molecular weight excluding hydrogens is 200 g/mol. The standard InChI is InChI=1S/C13H14N2O/c1-16-12-9-11(10-5-3-2-4-6-10)15-8-7-14-13(12)15/h2-8,11-12H,9H2,1H3/t11-,12+/m1/s1. The normalized spacial score (nSPS) is 23.3. The summed E-state index contributed by atoms with van der Waals surface area (Å²) >= 11 is 0. The van der Waals surface area contributed by atoms with Crippen molar-refractivity contribution in [3.8, 4) is 0 Å². The lowest BCUT2D eigenvalue weighted by molar-refractivity contribution is 0.0993. The van der Waals surface area contributed by atoms with Crippen molar-refractivity contribution in [2.75, 3.05) is 7.11 Å². The summed E-state index contributed by atoms with van der Waals surface area (Å²) in [6, 6.07) is 10.9. The SMILES string of the molecule is CO[C@H]1C[C@H](c2ccccc2)n2ccnc21. The molecule has 0 fully saturated rings. The largest absolute Gasteiger partial charge is 0.373 e. The van der Waals surface area contributed by atoms with E-state index in [-0.39, 0.29) is 6.10 Å². The summed E-state index contributed by atoms with van der Waals surface area (Å²) in [5.74, 6) is 1.04. The van der Waals surface area contributed by atoms with Gasteiger partial charge in [0.2, 0.25) is 0 Å². The molecule has 3 heteroatoms. The maximum absolute atomic E-state index is 5.46. The molecule has 0 spiro atoms. The average molecular weight is 214 g/mol. The van der Waals surface area contributed by atoms with Gasteiger partial charge in [0.1, 0.15) is 11.9 Å². The van der Waals surface area contributed by atoms with E-state index in [2.05, 4.69) is 33.8 Å². The molecule has 16 heavy (non-hydrogen) atoms. The molecule has 0 saturated carbocycles. The van der Waals surface area contributed by atoms with Crippen LogP contribution in [0, 0.1) is 0 Å². The summed E-state index contributed by atoms with van der Waals surface area (Å²) in [6.45, 7) is 0. The van der Waals surface area contributed by atoms with Crippen LogP contribution in [-0.2, 0) is 4.74 Å². The summed E-state index contributed by atoms with van der Waals surface area (Å²) in [7, 11) is 1.75. The smallest absolute Gasteiger partial charge is 0.138 e. The molecule has 3 rings (SSSR count). The van der Waals surface area contributed by atoms with Crippen LogP contribution in [0.25, 0.3) is 0 Å². The lowest BCUT2D eigenvalue weighted by Crippen LogP contribution is -2.03. The number of hydrogen-bond acceptors (Lipinski definition) is 2. The van der Waals surface area contributed by atoms with Gasteiger partial charge in [-0.2, -0.15) is 0 Å². The van der Waals surface area contributed by atoms with Crippen LogP contribution >= 0.6 is 0 Å². The highest BCUT2D eigenvalue weighted by molar-refractivity contribution is 5.24. The minimum Gasteiger partial charge on any atom is -0.373 e. The maximum Gasteiger partial charge on any atom is 0.138 e. The van der Waals surface area contributed by atoms with E-state index < -0.39 is 0 Å². The third kappa shape index (κ3) is 1.36. The first-order valence-electron chi connectivity index (χ1n) is 5.50. The number of rotatable bonds is 2. The molecule has 2 aromatic rings. The zero-order chi connectivity index (χ0) is 11.0. The predicted octanol–water partition coefficient (Wildman–Crippen LogP) is 2.56. The quantitative estimate of drug-likeness (QED) is 0.768. The average Bonchev–Trinajstić information content (AvgIpc) is 2.91. The van der Waals surface area contributed by atoms with Gasteiger partial charge in [0, 0.05) is 25.9 Å². The summed E-state index contributed by atoms with van der Waals surface area (Å²) in [6.07, 6.45) is 4.98. The first-order chi connectivity index (χ1) is 7.90. The van der Waals surface area contributed by atoms with E-state index in [9.17, 15) is 0 Å². The van der Waals surface area contributed by atoms with Gasteiger partial charge in [-0.15, -0.1) is 0 Å². The van der Waals surface area contributed by atoms with Gasteiger partial charge in [-0.3, -0.25) is 0 Å². The minimum absolute atomic E-state index is 0.125. The number of methoxy groups -OCH3 is 1. The second kappa shape index (κ2) is 3.76. The Morgan fingerprint density at radius 3 is 2.88 bits per heavy atom. The molecule has 0 aliphatic carbocycles. The number of hydrogen-bond donors (Lipinski definition) is 0. The van der Waals surface area contributed by atoms with Crippen LogP contribution in [0.5, 0.6) is 0 Å². The van der Waals surface area contributed by atoms with Crippen LogP contribution < -0.4 is 0 Å². The van der Waals surface area contributed by atoms with E-state index in [1.54, 1.807) is 7.11 Å². The Morgan fingerprint density at radius 2 is 2.12 bits per heavy atom. The van der Waals surface area contributed by atoms with Crippen molar-refractivity contribution in [1.82, 2.24) is 9.55 Å². The van der Waals surface area contributed by atoms with Crippen LogP contribution in [0.1, 0.15) is 30.0 Å². The van der Waals surface area contributed by atoms with Gasteiger partial charge in [-0.25, -0.2) is 4.98 Å². The summed E-state index contributed by atoms with van der Waals surface area (Å²) in [4.78, 5) is 4.36. The highest BCUT2D eigenvalue weighted by Gasteiger charge is 2.32. The van der Waals surface area contributed by atoms with Crippen LogP contribution in [-0.4, -0.2) is 16.7 Å². The topological polar surface area (TPSA) is 27.1 Å². The Labute approximate surface area is 94.7 Å². The van der Waals surface area contributed by atoms with E-state index in [4.69, 9.17) is 4.74 Å². The number of imidazole rings is 1. The number of aromatic nitrogens is 2. The Kier molecular flexibility index (Phi) is 2.26. The Hall–Kier alpha value is -1.61. The van der Waals surface area contributed by atoms with Crippen molar-refractivity contribution in [1.29, 1.82) is 0 Å². The van der Waals surface area contributed by atoms with E-state index in [0.717, 1.165) is 12.2 Å². The third-order valence-electron chi connectivity index (χ3n) is 3.23. The lowest BCUT2D eigenvalue weighted by atomic mass is 10.0. The van der Waals surface area contributed by atoms with Gasteiger partial charge in [0.25, 0.3) is 0 Å². The van der Waals surface area contributed by atoms with E-state index >= 15 is 0 Å². The molecule has 1 aliphatic rings. The monoisotopic (exact) mass is 214 g/mol. The highest BCUT2D eigenvalue weighted by Crippen LogP contribution is 2.38. The van der Waals surface area contributed by atoms with Gasteiger partial charge in [-0.05, 0) is 5.56 Å². The lowest BCUT2D eigenvalue weighted by Gasteiger charge is -2.12. The molecule has 3 nitrogen and oxygen atoms in total. The van der Waals surface area contributed by atoms with Gasteiger partial charge in [0.15, 0.2) is 0 Å². The molecule has 82 valence electrons. The zero-order valence-electron chi connectivity index (χ0n) is 9.21. The van der Waals surface area contributed by atoms with Crippen molar-refractivity contribution in [2.45, 2.75) is 18.6 Å². The first kappa shape index (κ1) is 9.60. The van der Waals surface area contributed by atoms with Crippen molar-refractivity contribution in [3.05, 3.63) is 54.1 Å². The summed E-state index contributed by atoms with van der Waals surface area (Å²) in [5, 5.41) is 0. The molecule has 0 saturated heterocycles. The molecule has 1 aromatic carbocycles. The van der Waals surface area contributed by atoms with Crippen molar-refractivity contribution >= 4 is 0 Å². The summed E-state index contributed by atoms with van der Waals surface area (Å²) in [5.41, 5.74) is 1.32. The molecule has 2 atom stereocenters. The molecule has 1 aliphatic heterocycles. The number of benzene rings is 1. The van der Waals surface area contributed by atoms with Gasteiger partial charge in [0.05, 0.1) is 6.04 Å². The fourth-order valence-corrected chi connectivity index (χ4v) is 2.43. The van der Waals surface area contributed by atoms with Crippen LogP contribution in [0.4, 0.5) is 0 Å². The second-order valence-corrected chi connectivity index (χ2v) is 4.08. The molecule has 0 bridgehead atoms. The first-order valence-corrected chi connectivity index (χ1v) is 5.50. The van der Waals surface area contributed by atoms with Crippen LogP contribution in [0.15, 0.2) is 42.7 Å². The van der Waals surface area contributed by atoms with Gasteiger partial charge in [-0.1, -0.05) is 30.3 Å². The van der Waals surface area contributed by atoms with Crippen molar-refractivity contribution in [3.63, 3.8) is 0 Å².